The quantitative estimate of drug-likeness (QED) is 0.619. The monoisotopic (exact) mass is 316 g/mol. The van der Waals surface area contributed by atoms with Gasteiger partial charge in [-0.05, 0) is 30.5 Å². The summed E-state index contributed by atoms with van der Waals surface area (Å²) < 4.78 is 43.5. The predicted molar refractivity (Wildman–Crippen MR) is 77.7 cm³/mol. The van der Waals surface area contributed by atoms with Gasteiger partial charge in [0.05, 0.1) is 12.2 Å². The van der Waals surface area contributed by atoms with Crippen molar-refractivity contribution in [1.82, 2.24) is 0 Å². The number of Topliss-reactive ketones (excluding diaryl/α,β-unsaturated/α-hetero) is 1. The molecule has 0 saturated carbocycles. The van der Waals surface area contributed by atoms with E-state index in [9.17, 15) is 23.1 Å². The van der Waals surface area contributed by atoms with Gasteiger partial charge in [-0.15, -0.1) is 0 Å². The number of alkyl halides is 3. The lowest BCUT2D eigenvalue weighted by molar-refractivity contribution is -0.123. The van der Waals surface area contributed by atoms with E-state index in [0.29, 0.717) is 18.3 Å². The average molecular weight is 316 g/mol. The molecule has 0 aliphatic heterocycles. The first kappa shape index (κ1) is 18.1. The van der Waals surface area contributed by atoms with E-state index in [4.69, 9.17) is 4.74 Å². The van der Waals surface area contributed by atoms with Gasteiger partial charge >= 0.3 is 6.18 Å². The molecule has 1 aromatic carbocycles. The molecular weight excluding hydrogens is 297 g/mol. The van der Waals surface area contributed by atoms with E-state index in [1.165, 1.54) is 18.2 Å². The van der Waals surface area contributed by atoms with Crippen molar-refractivity contribution in [3.63, 3.8) is 0 Å². The molecule has 0 aliphatic carbocycles. The number of rotatable bonds is 6. The van der Waals surface area contributed by atoms with Gasteiger partial charge in [0.1, 0.15) is 5.75 Å². The molecule has 0 fully saturated rings. The van der Waals surface area contributed by atoms with Crippen molar-refractivity contribution < 1.29 is 27.8 Å². The van der Waals surface area contributed by atoms with Crippen LogP contribution in [0.2, 0.25) is 0 Å². The van der Waals surface area contributed by atoms with Crippen molar-refractivity contribution in [3.8, 4) is 5.75 Å². The Morgan fingerprint density at radius 3 is 2.50 bits per heavy atom. The molecule has 1 N–H and O–H groups in total. The molecule has 6 heteroatoms. The van der Waals surface area contributed by atoms with Crippen LogP contribution in [0, 0.1) is 5.92 Å². The van der Waals surface area contributed by atoms with E-state index < -0.39 is 23.3 Å². The number of aliphatic hydroxyl groups is 1. The number of hydrogen-bond donors (Lipinski definition) is 1. The molecule has 0 radical (unpaired) electrons. The van der Waals surface area contributed by atoms with Gasteiger partial charge in [-0.2, -0.15) is 13.2 Å². The second-order valence-corrected chi connectivity index (χ2v) is 5.13. The Labute approximate surface area is 127 Å². The zero-order valence-corrected chi connectivity index (χ0v) is 12.7. The maximum absolute atomic E-state index is 12.7. The highest BCUT2D eigenvalue weighted by atomic mass is 19.4. The van der Waals surface area contributed by atoms with Crippen LogP contribution in [-0.2, 0) is 4.79 Å². The minimum Gasteiger partial charge on any atom is -0.504 e. The summed E-state index contributed by atoms with van der Waals surface area (Å²) in [5.41, 5.74) is -0.787. The fraction of sp³-hybridized carbons (Fsp3) is 0.438. The topological polar surface area (TPSA) is 46.5 Å². The van der Waals surface area contributed by atoms with Crippen LogP contribution in [0.5, 0.6) is 5.75 Å². The number of halogens is 3. The molecule has 0 aliphatic rings. The van der Waals surface area contributed by atoms with Crippen molar-refractivity contribution in [1.29, 1.82) is 0 Å². The molecule has 3 nitrogen and oxygen atoms in total. The number of ether oxygens (including phenoxy) is 1. The highest BCUT2D eigenvalue weighted by Gasteiger charge is 2.38. The van der Waals surface area contributed by atoms with E-state index >= 15 is 0 Å². The molecule has 0 saturated heterocycles. The zero-order valence-electron chi connectivity index (χ0n) is 12.7. The molecule has 1 rings (SSSR count). The third-order valence-corrected chi connectivity index (χ3v) is 3.21. The van der Waals surface area contributed by atoms with Crippen LogP contribution in [0.4, 0.5) is 13.2 Å². The fourth-order valence-corrected chi connectivity index (χ4v) is 1.75. The summed E-state index contributed by atoms with van der Waals surface area (Å²) in [5, 5.41) is 9.31. The molecule has 1 unspecified atom stereocenters. The average Bonchev–Trinajstić information content (AvgIpc) is 2.44. The Morgan fingerprint density at radius 2 is 2.00 bits per heavy atom. The Bertz CT molecular complexity index is 562. The van der Waals surface area contributed by atoms with Crippen molar-refractivity contribution in [2.24, 2.45) is 5.92 Å². The van der Waals surface area contributed by atoms with Gasteiger partial charge in [-0.1, -0.05) is 32.4 Å². The van der Waals surface area contributed by atoms with Crippen LogP contribution in [0.1, 0.15) is 32.8 Å². The lowest BCUT2D eigenvalue weighted by atomic mass is 10.0. The maximum Gasteiger partial charge on any atom is 0.449 e. The molecule has 0 spiro atoms. The molecule has 122 valence electrons. The number of ketones is 1. The lowest BCUT2D eigenvalue weighted by Gasteiger charge is -2.14. The molecule has 1 atom stereocenters. The van der Waals surface area contributed by atoms with Crippen molar-refractivity contribution in [3.05, 3.63) is 35.6 Å². The van der Waals surface area contributed by atoms with E-state index in [1.54, 1.807) is 6.07 Å². The zero-order chi connectivity index (χ0) is 16.9. The third-order valence-electron chi connectivity index (χ3n) is 3.21. The number of carbonyl (C=O) groups excluding carboxylic acids is 1. The molecule has 22 heavy (non-hydrogen) atoms. The van der Waals surface area contributed by atoms with E-state index in [2.05, 4.69) is 0 Å². The highest BCUT2D eigenvalue weighted by molar-refractivity contribution is 6.20. The predicted octanol–water partition coefficient (Wildman–Crippen LogP) is 4.53. The normalized spacial score (nSPS) is 14.3. The smallest absolute Gasteiger partial charge is 0.449 e. The summed E-state index contributed by atoms with van der Waals surface area (Å²) in [5.74, 6) is -2.10. The fourth-order valence-electron chi connectivity index (χ4n) is 1.75. The summed E-state index contributed by atoms with van der Waals surface area (Å²) in [6.07, 6.45) is -4.07. The number of benzene rings is 1. The Morgan fingerprint density at radius 1 is 1.36 bits per heavy atom. The van der Waals surface area contributed by atoms with Gasteiger partial charge in [0.2, 0.25) is 5.76 Å². The summed E-state index contributed by atoms with van der Waals surface area (Å²) in [6.45, 7) is 5.39. The van der Waals surface area contributed by atoms with Crippen LogP contribution in [0.3, 0.4) is 0 Å². The number of aliphatic hydroxyl groups excluding tert-OH is 1. The van der Waals surface area contributed by atoms with Crippen LogP contribution in [0.15, 0.2) is 30.0 Å². The summed E-state index contributed by atoms with van der Waals surface area (Å²) in [6, 6.07) is 5.72. The SMILES string of the molecule is CCC(C)COc1cccc(C(C(C)=O)=C(O)C(F)(F)F)c1. The van der Waals surface area contributed by atoms with Gasteiger partial charge in [0.15, 0.2) is 5.78 Å². The molecule has 0 amide bonds. The van der Waals surface area contributed by atoms with E-state index in [-0.39, 0.29) is 5.56 Å². The van der Waals surface area contributed by atoms with Gasteiger partial charge < -0.3 is 9.84 Å². The Hall–Kier alpha value is -1.98. The first-order valence-electron chi connectivity index (χ1n) is 6.91. The van der Waals surface area contributed by atoms with Gasteiger partial charge in [0, 0.05) is 0 Å². The maximum atomic E-state index is 12.7. The second-order valence-electron chi connectivity index (χ2n) is 5.13. The summed E-state index contributed by atoms with van der Waals surface area (Å²) in [7, 11) is 0. The van der Waals surface area contributed by atoms with Crippen molar-refractivity contribution in [2.45, 2.75) is 33.4 Å². The first-order chi connectivity index (χ1) is 10.2. The molecular formula is C16H19F3O3. The molecule has 0 heterocycles. The number of hydrogen-bond acceptors (Lipinski definition) is 3. The Balaban J connectivity index is 3.16. The minimum absolute atomic E-state index is 0.0241. The molecule has 0 bridgehead atoms. The summed E-state index contributed by atoms with van der Waals surface area (Å²) in [4.78, 5) is 11.5. The lowest BCUT2D eigenvalue weighted by Crippen LogP contribution is -2.16. The van der Waals surface area contributed by atoms with Gasteiger partial charge in [-0.25, -0.2) is 0 Å². The molecule has 1 aromatic rings. The number of allylic oxidation sites excluding steroid dienone is 2. The molecule has 0 aromatic heterocycles. The van der Waals surface area contributed by atoms with Gasteiger partial charge in [0.25, 0.3) is 0 Å². The van der Waals surface area contributed by atoms with E-state index in [1.807, 2.05) is 13.8 Å². The Kier molecular flexibility index (Phi) is 6.02. The van der Waals surface area contributed by atoms with Crippen molar-refractivity contribution >= 4 is 11.4 Å². The van der Waals surface area contributed by atoms with Crippen LogP contribution in [0.25, 0.3) is 5.57 Å². The highest BCUT2D eigenvalue weighted by Crippen LogP contribution is 2.32. The van der Waals surface area contributed by atoms with Crippen LogP contribution < -0.4 is 4.74 Å². The number of carbonyl (C=O) groups is 1. The second kappa shape index (κ2) is 7.33. The third kappa shape index (κ3) is 4.79. The van der Waals surface area contributed by atoms with Gasteiger partial charge in [-0.3, -0.25) is 4.79 Å². The minimum atomic E-state index is -4.98. The standard InChI is InChI=1S/C16H19F3O3/c1-4-10(2)9-22-13-7-5-6-12(8-13)14(11(3)20)15(21)16(17,18)19/h5-8,10,21H,4,9H2,1-3H3. The van der Waals surface area contributed by atoms with Crippen LogP contribution in [-0.4, -0.2) is 23.7 Å². The van der Waals surface area contributed by atoms with Crippen LogP contribution >= 0.6 is 0 Å². The first-order valence-corrected chi connectivity index (χ1v) is 6.91. The van der Waals surface area contributed by atoms with Crippen molar-refractivity contribution in [2.75, 3.05) is 6.61 Å². The van der Waals surface area contributed by atoms with E-state index in [0.717, 1.165) is 13.3 Å². The largest absolute Gasteiger partial charge is 0.504 e. The summed E-state index contributed by atoms with van der Waals surface area (Å²) >= 11 is 0.